The Kier molecular flexibility index (Phi) is 23.9. The Hall–Kier alpha value is -6.24. The van der Waals surface area contributed by atoms with E-state index >= 15 is 0 Å². The predicted octanol–water partition coefficient (Wildman–Crippen LogP) is 17.6. The zero-order valence-electron chi connectivity index (χ0n) is 71.4. The fourth-order valence-electron chi connectivity index (χ4n) is 27.2. The summed E-state index contributed by atoms with van der Waals surface area (Å²) in [5.41, 5.74) is 3.62. The topological polar surface area (TPSA) is 245 Å². The lowest BCUT2D eigenvalue weighted by atomic mass is 9.45. The quantitative estimate of drug-likeness (QED) is 0.0519. The number of rotatable bonds is 16. The molecule has 7 aliphatic carbocycles. The van der Waals surface area contributed by atoms with Gasteiger partial charge in [-0.1, -0.05) is 108 Å². The first kappa shape index (κ1) is 83.6. The second kappa shape index (κ2) is 34.0. The number of anilines is 1. The molecule has 7 saturated carbocycles. The van der Waals surface area contributed by atoms with E-state index in [4.69, 9.17) is 14.2 Å². The fourth-order valence-corrected chi connectivity index (χ4v) is 30.0. The van der Waals surface area contributed by atoms with Crippen LogP contribution < -0.4 is 32.4 Å². The minimum absolute atomic E-state index is 0.0493. The van der Waals surface area contributed by atoms with Crippen LogP contribution in [0.1, 0.15) is 249 Å². The van der Waals surface area contributed by atoms with Gasteiger partial charge in [-0.25, -0.2) is 19.7 Å². The highest BCUT2D eigenvalue weighted by Gasteiger charge is 2.55. The van der Waals surface area contributed by atoms with E-state index < -0.39 is 45.9 Å². The number of para-hydroxylation sites is 6. The zero-order chi connectivity index (χ0) is 82.6. The maximum absolute atomic E-state index is 14.3. The van der Waals surface area contributed by atoms with Crippen LogP contribution in [0.5, 0.6) is 0 Å². The summed E-state index contributed by atoms with van der Waals surface area (Å²) in [6.45, 7) is 16.5. The number of carbonyl (C=O) groups is 1. The van der Waals surface area contributed by atoms with Crippen molar-refractivity contribution in [2.24, 2.45) is 58.7 Å². The van der Waals surface area contributed by atoms with Gasteiger partial charge in [0.25, 0.3) is 16.7 Å². The lowest BCUT2D eigenvalue weighted by Crippen LogP contribution is -2.59. The molecule has 0 radical (unpaired) electrons. The number of hydrogen-bond acceptors (Lipinski definition) is 16. The van der Waals surface area contributed by atoms with Crippen molar-refractivity contribution in [3.8, 4) is 0 Å². The molecule has 0 amide bonds. The molecular weight excluding hydrogens is 1550 g/mol. The first-order valence-corrected chi connectivity index (χ1v) is 52.3. The molecular formula is C95H129N10O11P3. The molecule has 7 aliphatic heterocycles. The Balaban J connectivity index is 0.000000123. The Bertz CT molecular complexity index is 5210. The van der Waals surface area contributed by atoms with Crippen LogP contribution in [0.15, 0.2) is 129 Å². The van der Waals surface area contributed by atoms with E-state index in [2.05, 4.69) is 80.0 Å². The predicted molar refractivity (Wildman–Crippen MR) is 473 cm³/mol. The number of ether oxygens (including phenoxy) is 1. The van der Waals surface area contributed by atoms with Crippen LogP contribution in [0.3, 0.4) is 0 Å². The second-order valence-corrected chi connectivity index (χ2v) is 47.7. The molecule has 2 N–H and O–H groups in total. The van der Waals surface area contributed by atoms with E-state index in [-0.39, 0.29) is 40.2 Å². The van der Waals surface area contributed by atoms with Gasteiger partial charge in [-0.15, -0.1) is 0 Å². The van der Waals surface area contributed by atoms with Crippen molar-refractivity contribution in [3.63, 3.8) is 0 Å². The van der Waals surface area contributed by atoms with E-state index in [1.54, 1.807) is 47.0 Å². The van der Waals surface area contributed by atoms with Crippen molar-refractivity contribution in [1.29, 1.82) is 0 Å². The van der Waals surface area contributed by atoms with Gasteiger partial charge in [0.05, 0.1) is 38.7 Å². The summed E-state index contributed by atoms with van der Waals surface area (Å²) in [5.74, 6) is 7.87. The average Bonchev–Trinajstić information content (AvgIpc) is 0.755. The summed E-state index contributed by atoms with van der Waals surface area (Å²) in [7, 11) is -10.7. The summed E-state index contributed by atoms with van der Waals surface area (Å²) in [5, 5.41) is 1.05. The normalized spacial score (nSPS) is 34.1. The highest BCUT2D eigenvalue weighted by molar-refractivity contribution is 7.66. The first-order chi connectivity index (χ1) is 57.1. The van der Waals surface area contributed by atoms with E-state index in [9.17, 15) is 42.7 Å². The molecule has 14 aliphatic rings. The smallest absolute Gasteiger partial charge is 0.385 e. The lowest BCUT2D eigenvalue weighted by molar-refractivity contribution is -0.111. The van der Waals surface area contributed by atoms with Crippen molar-refractivity contribution < 1.29 is 37.5 Å². The van der Waals surface area contributed by atoms with Gasteiger partial charge >= 0.3 is 13.6 Å². The van der Waals surface area contributed by atoms with Gasteiger partial charge < -0.3 is 37.7 Å². The summed E-state index contributed by atoms with van der Waals surface area (Å²) in [6.07, 6.45) is 38.8. The fraction of sp³-hybridized carbons (Fsp3) is 0.653. The molecule has 640 valence electrons. The summed E-state index contributed by atoms with van der Waals surface area (Å²) in [6, 6.07) is 35.9. The molecule has 22 atom stereocenters. The number of carbonyl (C=O) groups excluding carboxylic acids is 1. The standard InChI is InChI=1S/C34H42N3O6P.C33H47N4O2P.C28H40N3O3P/c1-22-14-23-16-24(15-22)18-28(17-23)36-26-10-7-11-27(36)20-29(19-26)37-31-13-6-5-12-30(31)35-32(33(37)38)44(40,41)43-21-42-34(39)25-8-3-2-4-9-25;1-22-15-23-17-24(16-22)19-27(18-23)36-25-7-6-8-26(36)21-28(20-25)37-31-10-5-4-9-30(31)34-32(33(37)38)35-13-11-29(12-14-35)40(2,3)39;1-28(2)19-12-11-18(23(28)15-19)13-14-30-20-7-6-8-21(30)17-22(16-20)31-25-10-5-4-9-24(25)29-26(27(31)32)35(3,33)34/h2-6,8-9,12-13,22-24,26-29H,7,10-11,14-21H2,1H3,(H,40,41);4-5,9-11,22-28H,6-8,12-21H2,1-3H3;4-5,9-10,18-23H,6-8,11-17H2,1-3H3,(H,33,34)/t22?,23-,24+,26-,27+,28?,29?;22?,23-,24+,25-,26+,27?,28?;18-,19-,20-,21+,22?,23-/m..0/s1. The van der Waals surface area contributed by atoms with Gasteiger partial charge in [0.1, 0.15) is 7.14 Å². The van der Waals surface area contributed by atoms with Gasteiger partial charge in [0.2, 0.25) is 19.6 Å². The number of aromatic nitrogens is 6. The molecule has 0 spiro atoms. The van der Waals surface area contributed by atoms with Crippen LogP contribution in [0, 0.1) is 58.7 Å². The molecule has 21 nitrogen and oxygen atoms in total. The molecule has 3 aromatic heterocycles. The molecule has 13 fully saturated rings. The van der Waals surface area contributed by atoms with E-state index in [0.29, 0.717) is 83.2 Å². The molecule has 9 unspecified atom stereocenters. The molecule has 119 heavy (non-hydrogen) atoms. The molecule has 6 saturated heterocycles. The first-order valence-electron chi connectivity index (χ1n) is 46.0. The molecule has 7 aromatic rings. The minimum Gasteiger partial charge on any atom is -0.434 e. The van der Waals surface area contributed by atoms with E-state index in [1.165, 1.54) is 148 Å². The Labute approximate surface area is 702 Å². The Morgan fingerprint density at radius 2 is 0.924 bits per heavy atom. The number of esters is 1. The number of hydrogen-bond donors (Lipinski definition) is 2. The lowest BCUT2D eigenvalue weighted by Gasteiger charge is -2.60. The highest BCUT2D eigenvalue weighted by atomic mass is 31.2. The minimum atomic E-state index is -4.72. The third-order valence-corrected chi connectivity index (χ3v) is 36.3. The largest absolute Gasteiger partial charge is 0.434 e. The third kappa shape index (κ3) is 17.0. The van der Waals surface area contributed by atoms with Crippen molar-refractivity contribution in [2.75, 3.05) is 51.3 Å². The van der Waals surface area contributed by atoms with Crippen molar-refractivity contribution in [2.45, 2.75) is 287 Å². The van der Waals surface area contributed by atoms with Crippen LogP contribution in [0.4, 0.5) is 5.82 Å². The molecule has 12 bridgehead atoms. The molecule has 4 aromatic carbocycles. The number of nitrogens with zero attached hydrogens (tertiary/aromatic N) is 10. The van der Waals surface area contributed by atoms with E-state index in [0.717, 1.165) is 139 Å². The Morgan fingerprint density at radius 1 is 0.487 bits per heavy atom. The SMILES string of the molecule is CC1(C)[C@H]2CC[C@@H](CCN3[C@@H]4CCC[C@H]3CC(n3c(=O)c(P(C)(=O)O)nc5ccccc53)C4)[C@@H]1C2.CC1C[C@@H]2CC(N3[C@@H]4CCC[C@H]3CC(n3c(=O)c(N5CC=C(P(C)(C)=O)CC5)nc5ccccc53)C4)C[C@H](C1)C2.CC1C[C@@H]2CC(N3[C@@H]4CCC[C@H]3CC(n3c(=O)c(P(=O)(O)OCOC(=O)c5ccccc5)nc5ccccc53)C4)C[C@H](C1)C2. The summed E-state index contributed by atoms with van der Waals surface area (Å²) >= 11 is 0. The third-order valence-electron chi connectivity index (χ3n) is 32.1. The van der Waals surface area contributed by atoms with Crippen LogP contribution in [0.25, 0.3) is 33.1 Å². The van der Waals surface area contributed by atoms with Crippen molar-refractivity contribution in [1.82, 2.24) is 43.4 Å². The monoisotopic (exact) mass is 1680 g/mol. The average molecular weight is 1680 g/mol. The zero-order valence-corrected chi connectivity index (χ0v) is 74.0. The van der Waals surface area contributed by atoms with Gasteiger partial charge in [0.15, 0.2) is 11.3 Å². The number of fused-ring (bicyclic) bond motifs is 15. The van der Waals surface area contributed by atoms with E-state index in [1.807, 2.05) is 66.4 Å². The molecule has 24 heteroatoms. The van der Waals surface area contributed by atoms with Gasteiger partial charge in [-0.2, -0.15) is 0 Å². The summed E-state index contributed by atoms with van der Waals surface area (Å²) < 4.78 is 54.6. The second-order valence-electron chi connectivity index (χ2n) is 40.5. The maximum atomic E-state index is 14.3. The number of piperidine rings is 6. The van der Waals surface area contributed by atoms with Crippen LogP contribution in [0.2, 0.25) is 0 Å². The van der Waals surface area contributed by atoms with Crippen molar-refractivity contribution >= 4 is 77.9 Å². The van der Waals surface area contributed by atoms with Gasteiger partial charge in [0, 0.05) is 86.2 Å². The van der Waals surface area contributed by atoms with Crippen LogP contribution in [-0.2, 0) is 23.0 Å². The molecule has 21 rings (SSSR count). The van der Waals surface area contributed by atoms with Crippen LogP contribution in [-0.4, -0.2) is 154 Å². The maximum Gasteiger partial charge on any atom is 0.385 e. The van der Waals surface area contributed by atoms with Gasteiger partial charge in [-0.3, -0.25) is 42.7 Å². The van der Waals surface area contributed by atoms with Crippen molar-refractivity contribution in [3.05, 3.63) is 151 Å². The number of benzene rings is 4. The molecule has 10 heterocycles. The Morgan fingerprint density at radius 3 is 1.38 bits per heavy atom. The van der Waals surface area contributed by atoms with Gasteiger partial charge in [-0.05, 0) is 306 Å². The highest BCUT2D eigenvalue weighted by Crippen LogP contribution is 2.63. The summed E-state index contributed by atoms with van der Waals surface area (Å²) in [4.78, 5) is 99.8. The van der Waals surface area contributed by atoms with Crippen LogP contribution >= 0.6 is 22.1 Å².